The minimum absolute atomic E-state index is 0. The Kier molecular flexibility index (Phi) is 43.6. The molecule has 1 fully saturated rings. The van der Waals surface area contributed by atoms with Gasteiger partial charge in [-0.05, 0) is 0 Å². The fourth-order valence-electron chi connectivity index (χ4n) is 0.250. The predicted octanol–water partition coefficient (Wildman–Crippen LogP) is 4.25. The van der Waals surface area contributed by atoms with Gasteiger partial charge in [-0.15, -0.1) is 0 Å². The van der Waals surface area contributed by atoms with E-state index in [1.807, 2.05) is 27.7 Å². The molecular weight excluding hydrogens is 108 g/mol. The molecule has 0 heterocycles. The van der Waals surface area contributed by atoms with E-state index in [2.05, 4.69) is 0 Å². The van der Waals surface area contributed by atoms with Gasteiger partial charge in [-0.1, -0.05) is 60.8 Å². The van der Waals surface area contributed by atoms with Crippen molar-refractivity contribution in [1.29, 1.82) is 0 Å². The van der Waals surface area contributed by atoms with E-state index in [1.165, 1.54) is 25.7 Å². The van der Waals surface area contributed by atoms with Gasteiger partial charge in [-0.25, -0.2) is 0 Å². The molecule has 0 aromatic carbocycles. The molecule has 1 aliphatic carbocycles. The summed E-state index contributed by atoms with van der Waals surface area (Å²) in [7, 11) is 0. The summed E-state index contributed by atoms with van der Waals surface area (Å²) in [6.45, 7) is 8.00. The second-order valence-electron chi connectivity index (χ2n) is 1.41. The van der Waals surface area contributed by atoms with Crippen LogP contribution in [0, 0.1) is 0 Å². The van der Waals surface area contributed by atoms with Gasteiger partial charge in [0.1, 0.15) is 0 Å². The van der Waals surface area contributed by atoms with Gasteiger partial charge in [0.2, 0.25) is 0 Å². The van der Waals surface area contributed by atoms with Gasteiger partial charge in [0.15, 0.2) is 0 Å². The zero-order chi connectivity index (χ0) is 6.83. The van der Waals surface area contributed by atoms with Crippen molar-refractivity contribution in [3.8, 4) is 0 Å². The zero-order valence-corrected chi connectivity index (χ0v) is 6.83. The van der Waals surface area contributed by atoms with Crippen molar-refractivity contribution >= 4 is 0 Å². The maximum atomic E-state index is 2.00. The van der Waals surface area contributed by atoms with Crippen LogP contribution in [0.2, 0.25) is 0 Å². The normalized spacial score (nSPS) is 12.0. The van der Waals surface area contributed by atoms with Gasteiger partial charge in [-0.3, -0.25) is 0 Å². The molecule has 1 aliphatic rings. The van der Waals surface area contributed by atoms with Gasteiger partial charge >= 0.3 is 0 Å². The Morgan fingerprint density at radius 3 is 0.667 bits per heavy atom. The summed E-state index contributed by atoms with van der Waals surface area (Å²) in [5, 5.41) is 0. The Morgan fingerprint density at radius 1 is 0.556 bits per heavy atom. The number of rotatable bonds is 0. The van der Waals surface area contributed by atoms with Crippen LogP contribution in [0.25, 0.3) is 0 Å². The largest absolute Gasteiger partial charge is 0.0776 e. The van der Waals surface area contributed by atoms with Gasteiger partial charge in [-0.2, -0.15) is 0 Å². The van der Waals surface area contributed by atoms with E-state index >= 15 is 0 Å². The average molecular weight is 132 g/mol. The Morgan fingerprint density at radius 2 is 0.667 bits per heavy atom. The maximum Gasteiger partial charge on any atom is -0.0533 e. The Bertz CT molecular complexity index is 8.00. The summed E-state index contributed by atoms with van der Waals surface area (Å²) in [6, 6.07) is 0. The lowest BCUT2D eigenvalue weighted by molar-refractivity contribution is 0.504. The monoisotopic (exact) mass is 132 g/mol. The smallest absolute Gasteiger partial charge is 0.0533 e. The molecule has 0 aliphatic heterocycles. The molecule has 1 saturated carbocycles. The fraction of sp³-hybridized carbons (Fsp3) is 1.00. The van der Waals surface area contributed by atoms with E-state index in [9.17, 15) is 0 Å². The molecule has 0 saturated heterocycles. The maximum absolute atomic E-state index is 2.00. The van der Waals surface area contributed by atoms with Crippen LogP contribution in [0.5, 0.6) is 0 Å². The molecule has 0 unspecified atom stereocenters. The van der Waals surface area contributed by atoms with Crippen LogP contribution in [0.1, 0.15) is 60.8 Å². The average Bonchev–Trinajstić information content (AvgIpc) is 1.72. The lowest BCUT2D eigenvalue weighted by Crippen LogP contribution is -1.85. The molecule has 0 amide bonds. The second kappa shape index (κ2) is 24.5. The van der Waals surface area contributed by atoms with Crippen LogP contribution in [0.15, 0.2) is 0 Å². The first-order chi connectivity index (χ1) is 4.00. The molecule has 0 spiro atoms. The molecule has 0 aromatic rings. The molecule has 0 heteroatoms. The summed E-state index contributed by atoms with van der Waals surface area (Å²) >= 11 is 0. The summed E-state index contributed by atoms with van der Waals surface area (Å²) in [6.07, 6.45) is 6.00. The van der Waals surface area contributed by atoms with Crippen LogP contribution in [0.3, 0.4) is 0 Å². The number of hydrogen-bond donors (Lipinski definition) is 0. The lowest BCUT2D eigenvalue weighted by atomic mass is 10.0. The van der Waals surface area contributed by atoms with E-state index in [1.54, 1.807) is 0 Å². The van der Waals surface area contributed by atoms with Gasteiger partial charge in [0.05, 0.1) is 0 Å². The van der Waals surface area contributed by atoms with Crippen molar-refractivity contribution in [1.82, 2.24) is 0 Å². The minimum Gasteiger partial charge on any atom is -0.0776 e. The van der Waals surface area contributed by atoms with E-state index in [4.69, 9.17) is 0 Å². The molecule has 1 rings (SSSR count). The molecule has 0 bridgehead atoms. The molecule has 0 atom stereocenters. The summed E-state index contributed by atoms with van der Waals surface area (Å²) in [5.41, 5.74) is 0. The van der Waals surface area contributed by atoms with Crippen molar-refractivity contribution in [2.24, 2.45) is 0 Å². The van der Waals surface area contributed by atoms with E-state index in [0.717, 1.165) is 0 Å². The summed E-state index contributed by atoms with van der Waals surface area (Å²) in [5.74, 6) is 0. The van der Waals surface area contributed by atoms with Crippen LogP contribution in [-0.2, 0) is 0 Å². The Hall–Kier alpha value is 0. The first-order valence-electron chi connectivity index (χ1n) is 4.00. The van der Waals surface area contributed by atoms with Gasteiger partial charge in [0.25, 0.3) is 0 Å². The first kappa shape index (κ1) is 16.0. The predicted molar refractivity (Wildman–Crippen MR) is 47.9 cm³/mol. The molecule has 0 nitrogen and oxygen atoms in total. The molecular formula is C9H24. The Balaban J connectivity index is -0.0000000651. The van der Waals surface area contributed by atoms with Gasteiger partial charge < -0.3 is 0 Å². The van der Waals surface area contributed by atoms with E-state index in [-0.39, 0.29) is 7.43 Å². The standard InChI is InChI=1S/C4H8.2C2H6.CH4/c1-2-4-3-1;2*1-2;/h1-4H2;2*1-2H3;1H4. The Labute approximate surface area is 61.7 Å². The third-order valence-electron chi connectivity index (χ3n) is 1.000. The third-order valence-corrected chi connectivity index (χ3v) is 1.000. The quantitative estimate of drug-likeness (QED) is 0.462. The third kappa shape index (κ3) is 18.0. The highest BCUT2D eigenvalue weighted by Gasteiger charge is 1.95. The van der Waals surface area contributed by atoms with Crippen LogP contribution >= 0.6 is 0 Å². The highest BCUT2D eigenvalue weighted by molar-refractivity contribution is 4.50. The topological polar surface area (TPSA) is 0 Å². The highest BCUT2D eigenvalue weighted by atomic mass is 14.0. The van der Waals surface area contributed by atoms with E-state index < -0.39 is 0 Å². The van der Waals surface area contributed by atoms with Crippen LogP contribution < -0.4 is 0 Å². The van der Waals surface area contributed by atoms with Gasteiger partial charge in [0, 0.05) is 0 Å². The lowest BCUT2D eigenvalue weighted by Gasteiger charge is -2.05. The molecule has 0 N–H and O–H groups in total. The minimum atomic E-state index is 0. The first-order valence-corrected chi connectivity index (χ1v) is 4.00. The van der Waals surface area contributed by atoms with Crippen molar-refractivity contribution in [3.63, 3.8) is 0 Å². The van der Waals surface area contributed by atoms with Crippen molar-refractivity contribution in [2.45, 2.75) is 60.8 Å². The summed E-state index contributed by atoms with van der Waals surface area (Å²) < 4.78 is 0. The van der Waals surface area contributed by atoms with Crippen molar-refractivity contribution in [3.05, 3.63) is 0 Å². The summed E-state index contributed by atoms with van der Waals surface area (Å²) in [4.78, 5) is 0. The zero-order valence-electron chi connectivity index (χ0n) is 6.83. The fourth-order valence-corrected chi connectivity index (χ4v) is 0.250. The second-order valence-corrected chi connectivity index (χ2v) is 1.41. The highest BCUT2D eigenvalue weighted by Crippen LogP contribution is 2.15. The van der Waals surface area contributed by atoms with Crippen LogP contribution in [0.4, 0.5) is 0 Å². The SMILES string of the molecule is C.C1CCC1.CC.CC. The number of hydrogen-bond acceptors (Lipinski definition) is 0. The molecule has 60 valence electrons. The van der Waals surface area contributed by atoms with Crippen molar-refractivity contribution in [2.75, 3.05) is 0 Å². The van der Waals surface area contributed by atoms with E-state index in [0.29, 0.717) is 0 Å². The molecule has 0 aromatic heterocycles. The van der Waals surface area contributed by atoms with Crippen LogP contribution in [-0.4, -0.2) is 0 Å². The van der Waals surface area contributed by atoms with Crippen molar-refractivity contribution < 1.29 is 0 Å². The molecule has 0 radical (unpaired) electrons. The molecule has 9 heavy (non-hydrogen) atoms.